The minimum absolute atomic E-state index is 0.0505. The van der Waals surface area contributed by atoms with Crippen molar-refractivity contribution in [3.05, 3.63) is 0 Å². The molecule has 6 heteroatoms. The van der Waals surface area contributed by atoms with E-state index in [4.69, 9.17) is 4.74 Å². The van der Waals surface area contributed by atoms with Crippen LogP contribution in [0.15, 0.2) is 0 Å². The molecule has 2 saturated heterocycles. The van der Waals surface area contributed by atoms with Crippen molar-refractivity contribution in [2.24, 2.45) is 23.2 Å². The van der Waals surface area contributed by atoms with E-state index in [0.29, 0.717) is 58.4 Å². The summed E-state index contributed by atoms with van der Waals surface area (Å²) >= 11 is 0. The van der Waals surface area contributed by atoms with Gasteiger partial charge in [0.2, 0.25) is 5.91 Å². The molecule has 6 fully saturated rings. The first-order valence-corrected chi connectivity index (χ1v) is 10.5. The van der Waals surface area contributed by atoms with Crippen LogP contribution in [0.1, 0.15) is 38.5 Å². The van der Waals surface area contributed by atoms with Crippen LogP contribution in [0.2, 0.25) is 0 Å². The quantitative estimate of drug-likeness (QED) is 0.716. The van der Waals surface area contributed by atoms with E-state index in [1.54, 1.807) is 0 Å². The molecular weight excluding hydrogens is 330 g/mol. The molecule has 0 radical (unpaired) electrons. The van der Waals surface area contributed by atoms with E-state index >= 15 is 0 Å². The van der Waals surface area contributed by atoms with E-state index in [1.165, 1.54) is 19.3 Å². The summed E-state index contributed by atoms with van der Waals surface area (Å²) in [6.07, 6.45) is 7.50. The van der Waals surface area contributed by atoms with Gasteiger partial charge in [-0.3, -0.25) is 4.79 Å². The predicted octanol–water partition coefficient (Wildman–Crippen LogP) is 1.80. The number of carbonyl (C=O) groups is 2. The van der Waals surface area contributed by atoms with Gasteiger partial charge in [-0.2, -0.15) is 0 Å². The molecule has 6 aliphatic rings. The molecule has 0 spiro atoms. The fraction of sp³-hybridized carbons (Fsp3) is 0.900. The molecule has 4 saturated carbocycles. The molecule has 0 aromatic heterocycles. The molecule has 0 aromatic carbocycles. The van der Waals surface area contributed by atoms with E-state index in [1.807, 2.05) is 9.80 Å². The Morgan fingerprint density at radius 2 is 1.15 bits per heavy atom. The van der Waals surface area contributed by atoms with Crippen molar-refractivity contribution in [3.8, 4) is 0 Å². The molecule has 2 heterocycles. The van der Waals surface area contributed by atoms with Crippen LogP contribution in [0.4, 0.5) is 4.79 Å². The lowest BCUT2D eigenvalue weighted by Crippen LogP contribution is -2.60. The van der Waals surface area contributed by atoms with Crippen LogP contribution in [0.3, 0.4) is 0 Å². The third kappa shape index (κ3) is 2.81. The zero-order valence-electron chi connectivity index (χ0n) is 15.7. The highest BCUT2D eigenvalue weighted by molar-refractivity contribution is 5.84. The standard InChI is InChI=1S/C20H31N3O3/c24-18(20-12-15-9-16(13-20)11-17(10-15)14-20)21-1-3-22(4-2-21)19(25)23-5-7-26-8-6-23/h15-17H,1-14H2. The molecule has 6 nitrogen and oxygen atoms in total. The van der Waals surface area contributed by atoms with Gasteiger partial charge in [-0.1, -0.05) is 0 Å². The van der Waals surface area contributed by atoms with E-state index in [0.717, 1.165) is 37.0 Å². The molecule has 0 aromatic rings. The minimum atomic E-state index is -0.0505. The van der Waals surface area contributed by atoms with Crippen LogP contribution in [0.5, 0.6) is 0 Å². The second-order valence-corrected chi connectivity index (χ2v) is 9.36. The first-order valence-electron chi connectivity index (χ1n) is 10.5. The second-order valence-electron chi connectivity index (χ2n) is 9.36. The molecule has 0 atom stereocenters. The number of amides is 3. The Morgan fingerprint density at radius 1 is 0.692 bits per heavy atom. The second kappa shape index (κ2) is 6.39. The molecule has 144 valence electrons. The summed E-state index contributed by atoms with van der Waals surface area (Å²) in [4.78, 5) is 32.0. The van der Waals surface area contributed by atoms with Gasteiger partial charge in [-0.15, -0.1) is 0 Å². The molecule has 4 bridgehead atoms. The third-order valence-corrected chi connectivity index (χ3v) is 7.61. The topological polar surface area (TPSA) is 53.1 Å². The van der Waals surface area contributed by atoms with Crippen molar-refractivity contribution in [3.63, 3.8) is 0 Å². The van der Waals surface area contributed by atoms with Gasteiger partial charge in [0.15, 0.2) is 0 Å². The van der Waals surface area contributed by atoms with Gasteiger partial charge in [-0.05, 0) is 56.3 Å². The Balaban J connectivity index is 1.20. The van der Waals surface area contributed by atoms with E-state index < -0.39 is 0 Å². The maximum atomic E-state index is 13.4. The van der Waals surface area contributed by atoms with Crippen molar-refractivity contribution < 1.29 is 14.3 Å². The fourth-order valence-electron chi connectivity index (χ4n) is 6.76. The van der Waals surface area contributed by atoms with Crippen LogP contribution >= 0.6 is 0 Å². The molecule has 2 aliphatic heterocycles. The highest BCUT2D eigenvalue weighted by atomic mass is 16.5. The van der Waals surface area contributed by atoms with E-state index in [9.17, 15) is 9.59 Å². The van der Waals surface area contributed by atoms with E-state index in [-0.39, 0.29) is 11.4 Å². The summed E-state index contributed by atoms with van der Waals surface area (Å²) in [6.45, 7) is 5.40. The average Bonchev–Trinajstić information content (AvgIpc) is 2.67. The van der Waals surface area contributed by atoms with Gasteiger partial charge in [0, 0.05) is 39.3 Å². The van der Waals surface area contributed by atoms with Gasteiger partial charge in [0.1, 0.15) is 0 Å². The maximum Gasteiger partial charge on any atom is 0.320 e. The number of hydrogen-bond donors (Lipinski definition) is 0. The number of morpholine rings is 1. The highest BCUT2D eigenvalue weighted by Gasteiger charge is 2.55. The minimum Gasteiger partial charge on any atom is -0.378 e. The molecule has 26 heavy (non-hydrogen) atoms. The number of hydrogen-bond acceptors (Lipinski definition) is 3. The highest BCUT2D eigenvalue weighted by Crippen LogP contribution is 2.60. The average molecular weight is 361 g/mol. The van der Waals surface area contributed by atoms with Crippen molar-refractivity contribution in [2.45, 2.75) is 38.5 Å². The van der Waals surface area contributed by atoms with Gasteiger partial charge >= 0.3 is 6.03 Å². The summed E-state index contributed by atoms with van der Waals surface area (Å²) in [5.41, 5.74) is -0.0505. The van der Waals surface area contributed by atoms with Crippen molar-refractivity contribution in [1.82, 2.24) is 14.7 Å². The Hall–Kier alpha value is -1.30. The number of piperazine rings is 1. The Labute approximate surface area is 155 Å². The van der Waals surface area contributed by atoms with Crippen LogP contribution in [0, 0.1) is 23.2 Å². The summed E-state index contributed by atoms with van der Waals surface area (Å²) in [7, 11) is 0. The normalized spacial score (nSPS) is 39.4. The van der Waals surface area contributed by atoms with Crippen LogP contribution in [-0.4, -0.2) is 79.1 Å². The molecule has 0 unspecified atom stereocenters. The Bertz CT molecular complexity index is 544. The van der Waals surface area contributed by atoms with Crippen LogP contribution < -0.4 is 0 Å². The van der Waals surface area contributed by atoms with Gasteiger partial charge in [-0.25, -0.2) is 4.79 Å². The monoisotopic (exact) mass is 361 g/mol. The molecule has 6 rings (SSSR count). The van der Waals surface area contributed by atoms with Crippen molar-refractivity contribution in [1.29, 1.82) is 0 Å². The Morgan fingerprint density at radius 3 is 1.69 bits per heavy atom. The van der Waals surface area contributed by atoms with Gasteiger partial charge in [0.25, 0.3) is 0 Å². The summed E-state index contributed by atoms with van der Waals surface area (Å²) in [6, 6.07) is 0.121. The SMILES string of the molecule is O=C(N1CCOCC1)N1CCN(C(=O)C23CC4CC(CC(C4)C2)C3)CC1. The summed E-state index contributed by atoms with van der Waals surface area (Å²) in [5.74, 6) is 2.81. The Kier molecular flexibility index (Phi) is 4.14. The lowest BCUT2D eigenvalue weighted by atomic mass is 9.49. The van der Waals surface area contributed by atoms with Crippen LogP contribution in [0.25, 0.3) is 0 Å². The molecule has 4 aliphatic carbocycles. The van der Waals surface area contributed by atoms with Crippen molar-refractivity contribution >= 4 is 11.9 Å². The first kappa shape index (κ1) is 16.8. The largest absolute Gasteiger partial charge is 0.378 e. The summed E-state index contributed by atoms with van der Waals surface area (Å²) < 4.78 is 5.34. The molecule has 3 amide bonds. The number of rotatable bonds is 1. The zero-order valence-corrected chi connectivity index (χ0v) is 15.7. The van der Waals surface area contributed by atoms with Gasteiger partial charge < -0.3 is 19.4 Å². The molecule has 0 N–H and O–H groups in total. The lowest BCUT2D eigenvalue weighted by molar-refractivity contribution is -0.159. The van der Waals surface area contributed by atoms with E-state index in [2.05, 4.69) is 4.90 Å². The summed E-state index contributed by atoms with van der Waals surface area (Å²) in [5, 5.41) is 0. The van der Waals surface area contributed by atoms with Crippen molar-refractivity contribution in [2.75, 3.05) is 52.5 Å². The maximum absolute atomic E-state index is 13.4. The lowest BCUT2D eigenvalue weighted by Gasteiger charge is -2.57. The number of carbonyl (C=O) groups excluding carboxylic acids is 2. The number of urea groups is 1. The fourth-order valence-corrected chi connectivity index (χ4v) is 6.76. The zero-order chi connectivity index (χ0) is 17.7. The molecular formula is C20H31N3O3. The number of nitrogens with zero attached hydrogens (tertiary/aromatic N) is 3. The third-order valence-electron chi connectivity index (χ3n) is 7.61. The predicted molar refractivity (Wildman–Crippen MR) is 96.5 cm³/mol. The number of ether oxygens (including phenoxy) is 1. The van der Waals surface area contributed by atoms with Gasteiger partial charge in [0.05, 0.1) is 18.6 Å². The first-order chi connectivity index (χ1) is 12.6. The smallest absolute Gasteiger partial charge is 0.320 e. The van der Waals surface area contributed by atoms with Crippen LogP contribution in [-0.2, 0) is 9.53 Å².